The largest absolute Gasteiger partial charge is 0.468 e. The minimum Gasteiger partial charge on any atom is -0.468 e. The number of benzene rings is 1. The summed E-state index contributed by atoms with van der Waals surface area (Å²) in [5.74, 6) is 0.179. The second-order valence-electron chi connectivity index (χ2n) is 5.39. The normalized spacial score (nSPS) is 10.0. The van der Waals surface area contributed by atoms with Crippen LogP contribution in [0.1, 0.15) is 12.5 Å². The number of amides is 3. The molecule has 1 heterocycles. The average molecular weight is 342 g/mol. The number of anilines is 1. The number of ether oxygens (including phenoxy) is 1. The standard InChI is InChI=1S/C18H22N4O3/c1-3-19-18(24)21-15-9-10-16(20-11-15)25-13-17(23)22(2)12-14-7-5-4-6-8-14/h4-11H,3,12-13H2,1-2H3,(H2,19,21,24). The van der Waals surface area contributed by atoms with E-state index < -0.39 is 0 Å². The number of nitrogens with one attached hydrogen (secondary N) is 2. The Kier molecular flexibility index (Phi) is 6.76. The predicted molar refractivity (Wildman–Crippen MR) is 95.3 cm³/mol. The second-order valence-corrected chi connectivity index (χ2v) is 5.39. The van der Waals surface area contributed by atoms with Crippen LogP contribution in [0.4, 0.5) is 10.5 Å². The SMILES string of the molecule is CCNC(=O)Nc1ccc(OCC(=O)N(C)Cc2ccccc2)nc1. The summed E-state index contributed by atoms with van der Waals surface area (Å²) >= 11 is 0. The van der Waals surface area contributed by atoms with E-state index in [1.54, 1.807) is 24.1 Å². The van der Waals surface area contributed by atoms with E-state index in [0.717, 1.165) is 5.56 Å². The van der Waals surface area contributed by atoms with Gasteiger partial charge in [0, 0.05) is 26.2 Å². The molecule has 7 nitrogen and oxygen atoms in total. The van der Waals surface area contributed by atoms with Crippen LogP contribution in [0.5, 0.6) is 5.88 Å². The van der Waals surface area contributed by atoms with Gasteiger partial charge in [0.2, 0.25) is 5.88 Å². The van der Waals surface area contributed by atoms with E-state index >= 15 is 0 Å². The molecule has 7 heteroatoms. The Morgan fingerprint density at radius 3 is 2.56 bits per heavy atom. The summed E-state index contributed by atoms with van der Waals surface area (Å²) in [5, 5.41) is 5.26. The van der Waals surface area contributed by atoms with Gasteiger partial charge in [0.1, 0.15) is 0 Å². The van der Waals surface area contributed by atoms with E-state index in [-0.39, 0.29) is 18.5 Å². The van der Waals surface area contributed by atoms with Crippen LogP contribution in [0.25, 0.3) is 0 Å². The number of likely N-dealkylation sites (N-methyl/N-ethyl adjacent to an activating group) is 1. The number of hydrogen-bond donors (Lipinski definition) is 2. The van der Waals surface area contributed by atoms with Crippen LogP contribution >= 0.6 is 0 Å². The van der Waals surface area contributed by atoms with E-state index in [1.165, 1.54) is 6.20 Å². The highest BCUT2D eigenvalue weighted by molar-refractivity contribution is 5.88. The van der Waals surface area contributed by atoms with Crippen LogP contribution in [0, 0.1) is 0 Å². The van der Waals surface area contributed by atoms with Gasteiger partial charge in [-0.15, -0.1) is 0 Å². The highest BCUT2D eigenvalue weighted by Gasteiger charge is 2.10. The van der Waals surface area contributed by atoms with Gasteiger partial charge in [0.15, 0.2) is 6.61 Å². The van der Waals surface area contributed by atoms with Crippen molar-refractivity contribution in [2.75, 3.05) is 25.5 Å². The highest BCUT2D eigenvalue weighted by atomic mass is 16.5. The van der Waals surface area contributed by atoms with Gasteiger partial charge in [-0.1, -0.05) is 30.3 Å². The molecule has 0 aliphatic carbocycles. The van der Waals surface area contributed by atoms with Crippen molar-refractivity contribution in [1.82, 2.24) is 15.2 Å². The van der Waals surface area contributed by atoms with Crippen molar-refractivity contribution in [3.63, 3.8) is 0 Å². The Morgan fingerprint density at radius 2 is 1.92 bits per heavy atom. The van der Waals surface area contributed by atoms with Gasteiger partial charge < -0.3 is 20.3 Å². The minimum atomic E-state index is -0.296. The van der Waals surface area contributed by atoms with E-state index in [4.69, 9.17) is 4.74 Å². The molecule has 1 aromatic carbocycles. The topological polar surface area (TPSA) is 83.6 Å². The van der Waals surface area contributed by atoms with Crippen LogP contribution in [-0.4, -0.2) is 42.0 Å². The molecule has 2 N–H and O–H groups in total. The van der Waals surface area contributed by atoms with Crippen LogP contribution < -0.4 is 15.4 Å². The van der Waals surface area contributed by atoms with Crippen LogP contribution in [-0.2, 0) is 11.3 Å². The van der Waals surface area contributed by atoms with Gasteiger partial charge in [-0.25, -0.2) is 9.78 Å². The van der Waals surface area contributed by atoms with Gasteiger partial charge in [0.25, 0.3) is 5.91 Å². The van der Waals surface area contributed by atoms with Gasteiger partial charge in [0.05, 0.1) is 11.9 Å². The predicted octanol–water partition coefficient (Wildman–Crippen LogP) is 2.26. The molecule has 0 aliphatic rings. The molecule has 2 rings (SSSR count). The highest BCUT2D eigenvalue weighted by Crippen LogP contribution is 2.12. The first kappa shape index (κ1) is 18.3. The van der Waals surface area contributed by atoms with E-state index in [9.17, 15) is 9.59 Å². The summed E-state index contributed by atoms with van der Waals surface area (Å²) in [6, 6.07) is 12.7. The number of aromatic nitrogens is 1. The molecule has 0 saturated heterocycles. The maximum Gasteiger partial charge on any atom is 0.319 e. The third-order valence-electron chi connectivity index (χ3n) is 3.36. The van der Waals surface area contributed by atoms with Gasteiger partial charge in [-0.2, -0.15) is 0 Å². The molecule has 25 heavy (non-hydrogen) atoms. The Morgan fingerprint density at radius 1 is 1.16 bits per heavy atom. The number of hydrogen-bond acceptors (Lipinski definition) is 4. The van der Waals surface area contributed by atoms with Crippen molar-refractivity contribution in [2.45, 2.75) is 13.5 Å². The number of pyridine rings is 1. The van der Waals surface area contributed by atoms with Gasteiger partial charge >= 0.3 is 6.03 Å². The third kappa shape index (κ3) is 6.14. The molecule has 0 atom stereocenters. The summed E-state index contributed by atoms with van der Waals surface area (Å²) in [6.07, 6.45) is 1.47. The zero-order chi connectivity index (χ0) is 18.1. The summed E-state index contributed by atoms with van der Waals surface area (Å²) in [6.45, 7) is 2.80. The number of carbonyl (C=O) groups excluding carboxylic acids is 2. The van der Waals surface area contributed by atoms with Crippen molar-refractivity contribution in [3.05, 3.63) is 54.2 Å². The molecular formula is C18H22N4O3. The van der Waals surface area contributed by atoms with E-state index in [2.05, 4.69) is 15.6 Å². The smallest absolute Gasteiger partial charge is 0.319 e. The molecule has 0 spiro atoms. The lowest BCUT2D eigenvalue weighted by Crippen LogP contribution is -2.31. The maximum absolute atomic E-state index is 12.1. The van der Waals surface area contributed by atoms with Crippen molar-refractivity contribution in [3.8, 4) is 5.88 Å². The Balaban J connectivity index is 1.80. The molecule has 0 unspecified atom stereocenters. The number of rotatable bonds is 7. The summed E-state index contributed by atoms with van der Waals surface area (Å²) < 4.78 is 5.40. The summed E-state index contributed by atoms with van der Waals surface area (Å²) in [5.41, 5.74) is 1.60. The molecule has 0 fully saturated rings. The molecule has 0 bridgehead atoms. The lowest BCUT2D eigenvalue weighted by molar-refractivity contribution is -0.132. The zero-order valence-electron chi connectivity index (χ0n) is 14.4. The maximum atomic E-state index is 12.1. The molecule has 3 amide bonds. The van der Waals surface area contributed by atoms with Gasteiger partial charge in [-0.3, -0.25) is 4.79 Å². The fourth-order valence-electron chi connectivity index (χ4n) is 2.07. The third-order valence-corrected chi connectivity index (χ3v) is 3.36. The van der Waals surface area contributed by atoms with Gasteiger partial charge in [-0.05, 0) is 18.6 Å². The lowest BCUT2D eigenvalue weighted by atomic mass is 10.2. The minimum absolute atomic E-state index is 0.0978. The Bertz CT molecular complexity index is 689. The zero-order valence-corrected chi connectivity index (χ0v) is 14.4. The molecule has 2 aromatic rings. The number of carbonyl (C=O) groups is 2. The first-order valence-electron chi connectivity index (χ1n) is 8.00. The van der Waals surface area contributed by atoms with Crippen molar-refractivity contribution < 1.29 is 14.3 Å². The molecule has 0 radical (unpaired) electrons. The molecule has 1 aromatic heterocycles. The van der Waals surface area contributed by atoms with Crippen molar-refractivity contribution >= 4 is 17.6 Å². The fourth-order valence-corrected chi connectivity index (χ4v) is 2.07. The van der Waals surface area contributed by atoms with E-state index in [0.29, 0.717) is 24.7 Å². The molecule has 132 valence electrons. The average Bonchev–Trinajstić information content (AvgIpc) is 2.62. The molecule has 0 saturated carbocycles. The first-order valence-corrected chi connectivity index (χ1v) is 8.00. The number of urea groups is 1. The van der Waals surface area contributed by atoms with Crippen molar-refractivity contribution in [2.24, 2.45) is 0 Å². The second kappa shape index (κ2) is 9.27. The summed E-state index contributed by atoms with van der Waals surface area (Å²) in [7, 11) is 1.73. The quantitative estimate of drug-likeness (QED) is 0.808. The monoisotopic (exact) mass is 342 g/mol. The summed E-state index contributed by atoms with van der Waals surface area (Å²) in [4.78, 5) is 29.2. The number of nitrogens with zero attached hydrogens (tertiary/aromatic N) is 2. The van der Waals surface area contributed by atoms with Crippen molar-refractivity contribution in [1.29, 1.82) is 0 Å². The Labute approximate surface area is 147 Å². The fraction of sp³-hybridized carbons (Fsp3) is 0.278. The Hall–Kier alpha value is -3.09. The van der Waals surface area contributed by atoms with E-state index in [1.807, 2.05) is 37.3 Å². The van der Waals surface area contributed by atoms with Crippen LogP contribution in [0.2, 0.25) is 0 Å². The van der Waals surface area contributed by atoms with Crippen LogP contribution in [0.3, 0.4) is 0 Å². The molecule has 0 aliphatic heterocycles. The van der Waals surface area contributed by atoms with Crippen LogP contribution in [0.15, 0.2) is 48.7 Å². The molecular weight excluding hydrogens is 320 g/mol. The first-order chi connectivity index (χ1) is 12.1. The lowest BCUT2D eigenvalue weighted by Gasteiger charge is -2.17.